The molecule has 2 N–H and O–H groups in total. The summed E-state index contributed by atoms with van der Waals surface area (Å²) >= 11 is 0. The van der Waals surface area contributed by atoms with E-state index >= 15 is 0 Å². The number of carboxylic acids is 2. The average molecular weight is 230 g/mol. The van der Waals surface area contributed by atoms with E-state index in [1.807, 2.05) is 6.92 Å². The van der Waals surface area contributed by atoms with Crippen molar-refractivity contribution in [1.29, 1.82) is 0 Å². The van der Waals surface area contributed by atoms with Crippen LogP contribution in [0.2, 0.25) is 0 Å². The lowest BCUT2D eigenvalue weighted by Gasteiger charge is -2.18. The number of aliphatic carboxylic acids is 2. The Morgan fingerprint density at radius 2 is 1.62 bits per heavy atom. The van der Waals surface area contributed by atoms with E-state index in [2.05, 4.69) is 0 Å². The van der Waals surface area contributed by atoms with Gasteiger partial charge in [0, 0.05) is 12.8 Å². The van der Waals surface area contributed by atoms with Crippen LogP contribution in [0.15, 0.2) is 0 Å². The summed E-state index contributed by atoms with van der Waals surface area (Å²) in [5.41, 5.74) is 0. The second-order valence-electron chi connectivity index (χ2n) is 4.25. The molecule has 0 radical (unpaired) electrons. The van der Waals surface area contributed by atoms with Crippen LogP contribution in [0.5, 0.6) is 0 Å². The molecule has 0 aromatic heterocycles. The van der Waals surface area contributed by atoms with Crippen LogP contribution in [0, 0.1) is 5.92 Å². The molecule has 0 atom stereocenters. The summed E-state index contributed by atoms with van der Waals surface area (Å²) in [7, 11) is 0. The highest BCUT2D eigenvalue weighted by Crippen LogP contribution is 2.25. The molecule has 0 unspecified atom stereocenters. The fourth-order valence-electron chi connectivity index (χ4n) is 1.85. The molecule has 0 aliphatic heterocycles. The molecule has 94 valence electrons. The zero-order valence-corrected chi connectivity index (χ0v) is 9.95. The van der Waals surface area contributed by atoms with Gasteiger partial charge in [-0.3, -0.25) is 9.59 Å². The molecule has 0 saturated heterocycles. The Morgan fingerprint density at radius 3 is 1.94 bits per heavy atom. The van der Waals surface area contributed by atoms with Gasteiger partial charge in [-0.2, -0.15) is 0 Å². The largest absolute Gasteiger partial charge is 0.481 e. The van der Waals surface area contributed by atoms with Gasteiger partial charge in [0.2, 0.25) is 0 Å². The van der Waals surface area contributed by atoms with Gasteiger partial charge in [0.05, 0.1) is 0 Å². The molecule has 1 rings (SSSR count). The van der Waals surface area contributed by atoms with E-state index in [-0.39, 0.29) is 0 Å². The van der Waals surface area contributed by atoms with Gasteiger partial charge in [0.1, 0.15) is 0 Å². The Kier molecular flexibility index (Phi) is 8.58. The molecule has 16 heavy (non-hydrogen) atoms. The third-order valence-corrected chi connectivity index (χ3v) is 2.65. The molecular formula is C12H22O4. The van der Waals surface area contributed by atoms with Gasteiger partial charge in [-0.25, -0.2) is 0 Å². The minimum absolute atomic E-state index is 0.292. The summed E-state index contributed by atoms with van der Waals surface area (Å²) in [4.78, 5) is 19.9. The van der Waals surface area contributed by atoms with E-state index in [4.69, 9.17) is 10.2 Å². The zero-order valence-electron chi connectivity index (χ0n) is 9.95. The molecule has 0 aromatic carbocycles. The van der Waals surface area contributed by atoms with Crippen molar-refractivity contribution in [2.45, 2.75) is 58.3 Å². The topological polar surface area (TPSA) is 74.6 Å². The molecule has 4 heteroatoms. The number of rotatable bonds is 4. The summed E-state index contributed by atoms with van der Waals surface area (Å²) < 4.78 is 0. The van der Waals surface area contributed by atoms with Crippen LogP contribution in [-0.4, -0.2) is 22.2 Å². The van der Waals surface area contributed by atoms with Crippen molar-refractivity contribution in [1.82, 2.24) is 0 Å². The molecule has 0 bridgehead atoms. The van der Waals surface area contributed by atoms with Crippen molar-refractivity contribution in [2.75, 3.05) is 0 Å². The van der Waals surface area contributed by atoms with Gasteiger partial charge < -0.3 is 10.2 Å². The highest BCUT2D eigenvalue weighted by molar-refractivity contribution is 5.67. The van der Waals surface area contributed by atoms with E-state index in [1.165, 1.54) is 19.3 Å². The summed E-state index contributed by atoms with van der Waals surface area (Å²) in [6, 6.07) is 0. The highest BCUT2D eigenvalue weighted by atomic mass is 16.4. The van der Waals surface area contributed by atoms with E-state index in [0.29, 0.717) is 18.8 Å². The van der Waals surface area contributed by atoms with E-state index in [9.17, 15) is 9.59 Å². The standard InChI is InChI=1S/C8H14O2.C4H8O2/c9-8(10)6-7-4-2-1-3-5-7;1-2-3-4(5)6/h7H,1-6H2,(H,9,10);2-3H2,1H3,(H,5,6). The third-order valence-electron chi connectivity index (χ3n) is 2.65. The molecule has 1 saturated carbocycles. The van der Waals surface area contributed by atoms with Crippen LogP contribution in [0.1, 0.15) is 58.3 Å². The van der Waals surface area contributed by atoms with Crippen LogP contribution < -0.4 is 0 Å². The van der Waals surface area contributed by atoms with E-state index in [0.717, 1.165) is 19.3 Å². The van der Waals surface area contributed by atoms with Crippen molar-refractivity contribution < 1.29 is 19.8 Å². The number of carbonyl (C=O) groups is 2. The van der Waals surface area contributed by atoms with Gasteiger partial charge in [-0.05, 0) is 25.2 Å². The minimum Gasteiger partial charge on any atom is -0.481 e. The normalized spacial score (nSPS) is 16.1. The molecule has 1 fully saturated rings. The average Bonchev–Trinajstić information content (AvgIpc) is 2.18. The van der Waals surface area contributed by atoms with Crippen molar-refractivity contribution >= 4 is 11.9 Å². The Hall–Kier alpha value is -1.06. The third kappa shape index (κ3) is 9.49. The number of carboxylic acid groups (broad SMARTS) is 2. The van der Waals surface area contributed by atoms with Crippen LogP contribution in [-0.2, 0) is 9.59 Å². The van der Waals surface area contributed by atoms with Gasteiger partial charge in [-0.15, -0.1) is 0 Å². The van der Waals surface area contributed by atoms with Gasteiger partial charge >= 0.3 is 11.9 Å². The minimum atomic E-state index is -0.711. The van der Waals surface area contributed by atoms with Crippen LogP contribution in [0.3, 0.4) is 0 Å². The predicted molar refractivity (Wildman–Crippen MR) is 61.4 cm³/mol. The van der Waals surface area contributed by atoms with Crippen molar-refractivity contribution in [3.05, 3.63) is 0 Å². The molecule has 0 spiro atoms. The van der Waals surface area contributed by atoms with Crippen molar-refractivity contribution in [3.8, 4) is 0 Å². The van der Waals surface area contributed by atoms with Gasteiger partial charge in [-0.1, -0.05) is 26.2 Å². The Labute approximate surface area is 96.7 Å². The maximum atomic E-state index is 10.3. The first-order chi connectivity index (χ1) is 7.56. The van der Waals surface area contributed by atoms with Crippen LogP contribution >= 0.6 is 0 Å². The smallest absolute Gasteiger partial charge is 0.303 e. The molecule has 1 aliphatic rings. The van der Waals surface area contributed by atoms with E-state index < -0.39 is 11.9 Å². The highest BCUT2D eigenvalue weighted by Gasteiger charge is 2.15. The molecular weight excluding hydrogens is 208 g/mol. The van der Waals surface area contributed by atoms with Gasteiger partial charge in [0.15, 0.2) is 0 Å². The molecule has 4 nitrogen and oxygen atoms in total. The van der Waals surface area contributed by atoms with Crippen molar-refractivity contribution in [3.63, 3.8) is 0 Å². The summed E-state index contributed by atoms with van der Waals surface area (Å²) in [5, 5.41) is 16.4. The van der Waals surface area contributed by atoms with Crippen molar-refractivity contribution in [2.24, 2.45) is 5.92 Å². The maximum absolute atomic E-state index is 10.3. The van der Waals surface area contributed by atoms with Gasteiger partial charge in [0.25, 0.3) is 0 Å². The van der Waals surface area contributed by atoms with Crippen LogP contribution in [0.25, 0.3) is 0 Å². The second-order valence-corrected chi connectivity index (χ2v) is 4.25. The lowest BCUT2D eigenvalue weighted by Crippen LogP contribution is -2.10. The summed E-state index contributed by atoms with van der Waals surface area (Å²) in [5.74, 6) is -0.865. The fraction of sp³-hybridized carbons (Fsp3) is 0.833. The predicted octanol–water partition coefficient (Wildman–Crippen LogP) is 2.91. The lowest BCUT2D eigenvalue weighted by atomic mass is 9.87. The first kappa shape index (κ1) is 14.9. The quantitative estimate of drug-likeness (QED) is 0.778. The SMILES string of the molecule is CCCC(=O)O.O=C(O)CC1CCCCC1. The molecule has 0 heterocycles. The second kappa shape index (κ2) is 9.19. The molecule has 1 aliphatic carbocycles. The molecule has 0 amide bonds. The Bertz CT molecular complexity index is 207. The first-order valence-electron chi connectivity index (χ1n) is 5.99. The first-order valence-corrected chi connectivity index (χ1v) is 5.99. The monoisotopic (exact) mass is 230 g/mol. The molecule has 0 aromatic rings. The Balaban J connectivity index is 0.000000325. The summed E-state index contributed by atoms with van der Waals surface area (Å²) in [6.45, 7) is 1.84. The zero-order chi connectivity index (χ0) is 12.4. The maximum Gasteiger partial charge on any atom is 0.303 e. The Morgan fingerprint density at radius 1 is 1.06 bits per heavy atom. The summed E-state index contributed by atoms with van der Waals surface area (Å²) in [6.07, 6.45) is 7.44. The van der Waals surface area contributed by atoms with E-state index in [1.54, 1.807) is 0 Å². The number of hydrogen-bond donors (Lipinski definition) is 2. The lowest BCUT2D eigenvalue weighted by molar-refractivity contribution is -0.138. The number of hydrogen-bond acceptors (Lipinski definition) is 2. The fourth-order valence-corrected chi connectivity index (χ4v) is 1.85. The van der Waals surface area contributed by atoms with Crippen LogP contribution in [0.4, 0.5) is 0 Å².